The Kier molecular flexibility index (Phi) is 5.28. The molecule has 1 rings (SSSR count). The van der Waals surface area contributed by atoms with Crippen molar-refractivity contribution in [1.29, 1.82) is 0 Å². The third kappa shape index (κ3) is 5.49. The molecule has 15 heavy (non-hydrogen) atoms. The van der Waals surface area contributed by atoms with Gasteiger partial charge in [-0.3, -0.25) is 4.79 Å². The molecule has 0 bridgehead atoms. The van der Waals surface area contributed by atoms with E-state index in [1.807, 2.05) is 12.3 Å². The number of amides is 1. The van der Waals surface area contributed by atoms with Gasteiger partial charge in [-0.05, 0) is 13.3 Å². The molecule has 5 heteroatoms. The van der Waals surface area contributed by atoms with Gasteiger partial charge in [-0.25, -0.2) is 4.98 Å². The zero-order chi connectivity index (χ0) is 11.1. The van der Waals surface area contributed by atoms with E-state index in [-0.39, 0.29) is 11.9 Å². The zero-order valence-corrected chi connectivity index (χ0v) is 9.72. The summed E-state index contributed by atoms with van der Waals surface area (Å²) in [7, 11) is 0. The average Bonchev–Trinajstić information content (AvgIpc) is 2.67. The zero-order valence-electron chi connectivity index (χ0n) is 8.90. The molecule has 3 N–H and O–H groups in total. The Labute approximate surface area is 93.9 Å². The molecule has 0 aliphatic carbocycles. The molecule has 0 spiro atoms. The predicted molar refractivity (Wildman–Crippen MR) is 61.7 cm³/mol. The predicted octanol–water partition coefficient (Wildman–Crippen LogP) is 0.929. The van der Waals surface area contributed by atoms with Gasteiger partial charge in [0.15, 0.2) is 0 Å². The normalized spacial score (nSPS) is 12.4. The van der Waals surface area contributed by atoms with Crippen LogP contribution in [0.2, 0.25) is 0 Å². The van der Waals surface area contributed by atoms with Crippen molar-refractivity contribution in [3.63, 3.8) is 0 Å². The molecule has 1 heterocycles. The van der Waals surface area contributed by atoms with Crippen LogP contribution in [0.15, 0.2) is 11.6 Å². The van der Waals surface area contributed by atoms with E-state index in [2.05, 4.69) is 10.3 Å². The first kappa shape index (κ1) is 12.1. The van der Waals surface area contributed by atoms with E-state index in [0.29, 0.717) is 13.0 Å². The summed E-state index contributed by atoms with van der Waals surface area (Å²) < 4.78 is 0. The van der Waals surface area contributed by atoms with Crippen LogP contribution in [0.4, 0.5) is 0 Å². The largest absolute Gasteiger partial charge is 0.356 e. The van der Waals surface area contributed by atoms with Crippen LogP contribution in [-0.2, 0) is 11.2 Å². The first-order valence-electron chi connectivity index (χ1n) is 5.09. The minimum atomic E-state index is 0.0730. The highest BCUT2D eigenvalue weighted by atomic mass is 32.1. The van der Waals surface area contributed by atoms with Crippen molar-refractivity contribution in [2.75, 3.05) is 6.54 Å². The topological polar surface area (TPSA) is 68.0 Å². The fourth-order valence-electron chi connectivity index (χ4n) is 1.13. The van der Waals surface area contributed by atoms with Crippen LogP contribution in [0, 0.1) is 0 Å². The Morgan fingerprint density at radius 1 is 1.73 bits per heavy atom. The lowest BCUT2D eigenvalue weighted by atomic mass is 10.2. The third-order valence-corrected chi connectivity index (χ3v) is 2.81. The quantitative estimate of drug-likeness (QED) is 0.759. The molecule has 0 saturated carbocycles. The van der Waals surface area contributed by atoms with E-state index in [0.717, 1.165) is 17.8 Å². The van der Waals surface area contributed by atoms with Crippen molar-refractivity contribution in [2.24, 2.45) is 5.73 Å². The van der Waals surface area contributed by atoms with Gasteiger partial charge in [0.25, 0.3) is 0 Å². The van der Waals surface area contributed by atoms with E-state index < -0.39 is 0 Å². The maximum atomic E-state index is 11.3. The van der Waals surface area contributed by atoms with Crippen LogP contribution in [0.1, 0.15) is 24.8 Å². The molecule has 0 radical (unpaired) electrons. The second kappa shape index (κ2) is 6.53. The molecule has 1 amide bonds. The van der Waals surface area contributed by atoms with E-state index in [1.54, 1.807) is 17.5 Å². The Hall–Kier alpha value is -0.940. The standard InChI is InChI=1S/C10H17N3OS/c1-8(11)2-3-9(14)12-5-4-10-13-6-7-15-10/h6-8H,2-5,11H2,1H3,(H,12,14). The number of aromatic nitrogens is 1. The van der Waals surface area contributed by atoms with Crippen molar-refractivity contribution in [3.8, 4) is 0 Å². The highest BCUT2D eigenvalue weighted by Crippen LogP contribution is 2.03. The van der Waals surface area contributed by atoms with Crippen LogP contribution in [0.25, 0.3) is 0 Å². The summed E-state index contributed by atoms with van der Waals surface area (Å²) >= 11 is 1.61. The second-order valence-electron chi connectivity index (χ2n) is 3.54. The fraction of sp³-hybridized carbons (Fsp3) is 0.600. The summed E-state index contributed by atoms with van der Waals surface area (Å²) in [4.78, 5) is 15.4. The number of nitrogens with one attached hydrogen (secondary N) is 1. The SMILES string of the molecule is CC(N)CCC(=O)NCCc1nccs1. The van der Waals surface area contributed by atoms with Gasteiger partial charge < -0.3 is 11.1 Å². The number of nitrogens with zero attached hydrogens (tertiary/aromatic N) is 1. The van der Waals surface area contributed by atoms with Crippen molar-refractivity contribution >= 4 is 17.2 Å². The van der Waals surface area contributed by atoms with Crippen LogP contribution in [0.5, 0.6) is 0 Å². The molecular formula is C10H17N3OS. The number of carbonyl (C=O) groups is 1. The molecular weight excluding hydrogens is 210 g/mol. The molecule has 1 aromatic rings. The lowest BCUT2D eigenvalue weighted by Crippen LogP contribution is -2.27. The van der Waals surface area contributed by atoms with Crippen molar-refractivity contribution < 1.29 is 4.79 Å². The van der Waals surface area contributed by atoms with Crippen molar-refractivity contribution in [1.82, 2.24) is 10.3 Å². The summed E-state index contributed by atoms with van der Waals surface area (Å²) in [6.45, 7) is 2.56. The number of nitrogens with two attached hydrogens (primary N) is 1. The van der Waals surface area contributed by atoms with E-state index >= 15 is 0 Å². The molecule has 4 nitrogen and oxygen atoms in total. The number of hydrogen-bond acceptors (Lipinski definition) is 4. The van der Waals surface area contributed by atoms with Gasteiger partial charge >= 0.3 is 0 Å². The summed E-state index contributed by atoms with van der Waals surface area (Å²) in [5, 5.41) is 5.84. The smallest absolute Gasteiger partial charge is 0.220 e. The summed E-state index contributed by atoms with van der Waals surface area (Å²) in [6, 6.07) is 0.0923. The van der Waals surface area contributed by atoms with Gasteiger partial charge in [-0.15, -0.1) is 11.3 Å². The molecule has 0 aliphatic heterocycles. The monoisotopic (exact) mass is 227 g/mol. The molecule has 0 aromatic carbocycles. The van der Waals surface area contributed by atoms with Gasteiger partial charge in [0, 0.05) is 37.0 Å². The van der Waals surface area contributed by atoms with E-state index in [9.17, 15) is 4.79 Å². The highest BCUT2D eigenvalue weighted by Gasteiger charge is 2.03. The minimum Gasteiger partial charge on any atom is -0.356 e. The maximum absolute atomic E-state index is 11.3. The molecule has 1 aromatic heterocycles. The first-order valence-corrected chi connectivity index (χ1v) is 5.97. The summed E-state index contributed by atoms with van der Waals surface area (Å²) in [5.41, 5.74) is 5.56. The molecule has 1 unspecified atom stereocenters. The molecule has 1 atom stereocenters. The lowest BCUT2D eigenvalue weighted by Gasteiger charge is -2.05. The second-order valence-corrected chi connectivity index (χ2v) is 4.52. The third-order valence-electron chi connectivity index (χ3n) is 1.97. The maximum Gasteiger partial charge on any atom is 0.220 e. The molecule has 0 fully saturated rings. The number of carbonyl (C=O) groups excluding carboxylic acids is 1. The van der Waals surface area contributed by atoms with Crippen molar-refractivity contribution in [2.45, 2.75) is 32.2 Å². The van der Waals surface area contributed by atoms with Gasteiger partial charge in [0.05, 0.1) is 5.01 Å². The van der Waals surface area contributed by atoms with Crippen LogP contribution < -0.4 is 11.1 Å². The van der Waals surface area contributed by atoms with Crippen molar-refractivity contribution in [3.05, 3.63) is 16.6 Å². The van der Waals surface area contributed by atoms with E-state index in [1.165, 1.54) is 0 Å². The molecule has 84 valence electrons. The Bertz CT molecular complexity index is 285. The Balaban J connectivity index is 2.07. The van der Waals surface area contributed by atoms with Gasteiger partial charge in [0.2, 0.25) is 5.91 Å². The molecule has 0 saturated heterocycles. The number of rotatable bonds is 6. The van der Waals surface area contributed by atoms with Crippen LogP contribution in [0.3, 0.4) is 0 Å². The lowest BCUT2D eigenvalue weighted by molar-refractivity contribution is -0.121. The van der Waals surface area contributed by atoms with E-state index in [4.69, 9.17) is 5.73 Å². The summed E-state index contributed by atoms with van der Waals surface area (Å²) in [5.74, 6) is 0.0730. The Morgan fingerprint density at radius 3 is 3.13 bits per heavy atom. The van der Waals surface area contributed by atoms with Crippen LogP contribution >= 0.6 is 11.3 Å². The number of hydrogen-bond donors (Lipinski definition) is 2. The fourth-order valence-corrected chi connectivity index (χ4v) is 1.75. The first-order chi connectivity index (χ1) is 7.18. The number of thiazole rings is 1. The van der Waals surface area contributed by atoms with Crippen LogP contribution in [-0.4, -0.2) is 23.5 Å². The average molecular weight is 227 g/mol. The minimum absolute atomic E-state index is 0.0730. The van der Waals surface area contributed by atoms with Gasteiger partial charge in [-0.2, -0.15) is 0 Å². The Morgan fingerprint density at radius 2 is 2.53 bits per heavy atom. The van der Waals surface area contributed by atoms with Gasteiger partial charge in [-0.1, -0.05) is 0 Å². The van der Waals surface area contributed by atoms with Gasteiger partial charge in [0.1, 0.15) is 0 Å². The molecule has 0 aliphatic rings. The highest BCUT2D eigenvalue weighted by molar-refractivity contribution is 7.09. The summed E-state index contributed by atoms with van der Waals surface area (Å²) in [6.07, 6.45) is 3.83.